The van der Waals surface area contributed by atoms with Gasteiger partial charge in [-0.15, -0.1) is 11.3 Å². The van der Waals surface area contributed by atoms with Gasteiger partial charge in [0.1, 0.15) is 0 Å². The van der Waals surface area contributed by atoms with Crippen molar-refractivity contribution >= 4 is 23.2 Å². The molecule has 2 amide bonds. The van der Waals surface area contributed by atoms with Crippen molar-refractivity contribution in [1.82, 2.24) is 26.0 Å². The zero-order valence-electron chi connectivity index (χ0n) is 15.8. The molecule has 8 nitrogen and oxygen atoms in total. The highest BCUT2D eigenvalue weighted by molar-refractivity contribution is 7.14. The number of hydrazine groups is 1. The quantitative estimate of drug-likeness (QED) is 0.493. The Kier molecular flexibility index (Phi) is 5.95. The van der Waals surface area contributed by atoms with Gasteiger partial charge in [0, 0.05) is 35.7 Å². The van der Waals surface area contributed by atoms with Gasteiger partial charge in [-0.1, -0.05) is 11.6 Å². The Labute approximate surface area is 171 Å². The average molecular weight is 411 g/mol. The van der Waals surface area contributed by atoms with Crippen molar-refractivity contribution in [2.75, 3.05) is 0 Å². The van der Waals surface area contributed by atoms with Gasteiger partial charge in [-0.2, -0.15) is 4.98 Å². The van der Waals surface area contributed by atoms with Crippen LogP contribution in [0.4, 0.5) is 0 Å². The summed E-state index contributed by atoms with van der Waals surface area (Å²) < 4.78 is 5.17. The molecular formula is C20H21N5O3S. The normalized spacial score (nSPS) is 13.4. The lowest BCUT2D eigenvalue weighted by atomic mass is 10.1. The van der Waals surface area contributed by atoms with E-state index in [0.717, 1.165) is 18.4 Å². The molecule has 1 aliphatic carbocycles. The SMILES string of the molecule is O=C(CCc1nc(-c2cccnc2)no1)NNC(=O)c1cc2c(s1)CCCCC2. The Bertz CT molecular complexity index is 975. The van der Waals surface area contributed by atoms with E-state index in [0.29, 0.717) is 16.6 Å². The maximum absolute atomic E-state index is 12.3. The minimum absolute atomic E-state index is 0.121. The van der Waals surface area contributed by atoms with E-state index < -0.39 is 0 Å². The Morgan fingerprint density at radius 2 is 2.07 bits per heavy atom. The van der Waals surface area contributed by atoms with E-state index in [9.17, 15) is 9.59 Å². The van der Waals surface area contributed by atoms with Crippen molar-refractivity contribution in [2.24, 2.45) is 0 Å². The molecule has 4 rings (SSSR count). The standard InChI is InChI=1S/C20H21N5O3S/c26-17(8-9-18-22-19(25-28-18)14-6-4-10-21-12-14)23-24-20(27)16-11-13-5-2-1-3-7-15(13)29-16/h4,6,10-12H,1-3,5,7-9H2,(H,23,26)(H,24,27). The fraction of sp³-hybridized carbons (Fsp3) is 0.350. The van der Waals surface area contributed by atoms with Crippen LogP contribution in [0.1, 0.15) is 51.7 Å². The van der Waals surface area contributed by atoms with E-state index in [-0.39, 0.29) is 24.7 Å². The molecule has 0 aliphatic heterocycles. The van der Waals surface area contributed by atoms with E-state index in [1.807, 2.05) is 12.1 Å². The predicted molar refractivity (Wildman–Crippen MR) is 107 cm³/mol. The summed E-state index contributed by atoms with van der Waals surface area (Å²) in [7, 11) is 0. The Morgan fingerprint density at radius 3 is 2.93 bits per heavy atom. The van der Waals surface area contributed by atoms with Gasteiger partial charge in [-0.25, -0.2) is 0 Å². The van der Waals surface area contributed by atoms with Crippen LogP contribution in [-0.2, 0) is 24.1 Å². The fourth-order valence-corrected chi connectivity index (χ4v) is 4.37. The van der Waals surface area contributed by atoms with Crippen molar-refractivity contribution in [2.45, 2.75) is 44.9 Å². The molecule has 0 spiro atoms. The predicted octanol–water partition coefficient (Wildman–Crippen LogP) is 2.86. The molecule has 0 atom stereocenters. The molecule has 0 radical (unpaired) electrons. The summed E-state index contributed by atoms with van der Waals surface area (Å²) in [6.45, 7) is 0. The number of aromatic nitrogens is 3. The number of nitrogens with one attached hydrogen (secondary N) is 2. The molecule has 3 aromatic rings. The van der Waals surface area contributed by atoms with Crippen LogP contribution in [0.2, 0.25) is 0 Å². The summed E-state index contributed by atoms with van der Waals surface area (Å²) in [5.41, 5.74) is 6.95. The second-order valence-corrected chi connectivity index (χ2v) is 8.01. The molecule has 2 N–H and O–H groups in total. The smallest absolute Gasteiger partial charge is 0.279 e. The van der Waals surface area contributed by atoms with E-state index in [1.165, 1.54) is 41.0 Å². The highest BCUT2D eigenvalue weighted by atomic mass is 32.1. The van der Waals surface area contributed by atoms with Crippen LogP contribution in [0.3, 0.4) is 0 Å². The summed E-state index contributed by atoms with van der Waals surface area (Å²) in [5.74, 6) is 0.178. The third kappa shape index (κ3) is 4.86. The molecule has 9 heteroatoms. The lowest BCUT2D eigenvalue weighted by Crippen LogP contribution is -2.41. The minimum Gasteiger partial charge on any atom is -0.339 e. The lowest BCUT2D eigenvalue weighted by Gasteiger charge is -2.05. The van der Waals surface area contributed by atoms with Crippen molar-refractivity contribution in [3.05, 3.63) is 51.8 Å². The van der Waals surface area contributed by atoms with Crippen LogP contribution < -0.4 is 10.9 Å². The third-order valence-electron chi connectivity index (χ3n) is 4.74. The second-order valence-electron chi connectivity index (χ2n) is 6.88. The number of fused-ring (bicyclic) bond motifs is 1. The molecule has 0 bridgehead atoms. The zero-order chi connectivity index (χ0) is 20.1. The average Bonchev–Trinajstić information content (AvgIpc) is 3.33. The van der Waals surface area contributed by atoms with Crippen molar-refractivity contribution in [3.63, 3.8) is 0 Å². The topological polar surface area (TPSA) is 110 Å². The largest absolute Gasteiger partial charge is 0.339 e. The van der Waals surface area contributed by atoms with E-state index in [4.69, 9.17) is 4.52 Å². The van der Waals surface area contributed by atoms with Gasteiger partial charge in [0.15, 0.2) is 0 Å². The first-order valence-corrected chi connectivity index (χ1v) is 10.4. The van der Waals surface area contributed by atoms with Crippen LogP contribution in [0.15, 0.2) is 35.1 Å². The van der Waals surface area contributed by atoms with E-state index in [2.05, 4.69) is 26.0 Å². The van der Waals surface area contributed by atoms with Crippen LogP contribution in [-0.4, -0.2) is 26.9 Å². The van der Waals surface area contributed by atoms with Gasteiger partial charge >= 0.3 is 0 Å². The van der Waals surface area contributed by atoms with Crippen molar-refractivity contribution < 1.29 is 14.1 Å². The second kappa shape index (κ2) is 8.95. The maximum Gasteiger partial charge on any atom is 0.279 e. The number of carbonyl (C=O) groups is 2. The van der Waals surface area contributed by atoms with Gasteiger partial charge in [-0.3, -0.25) is 25.4 Å². The third-order valence-corrected chi connectivity index (χ3v) is 5.98. The number of pyridine rings is 1. The number of hydrogen-bond acceptors (Lipinski definition) is 7. The summed E-state index contributed by atoms with van der Waals surface area (Å²) in [5, 5.41) is 3.89. The molecule has 0 aromatic carbocycles. The zero-order valence-corrected chi connectivity index (χ0v) is 16.6. The molecule has 0 unspecified atom stereocenters. The number of rotatable bonds is 5. The highest BCUT2D eigenvalue weighted by Gasteiger charge is 2.17. The Hall–Kier alpha value is -3.07. The van der Waals surface area contributed by atoms with Gasteiger partial charge in [0.2, 0.25) is 17.6 Å². The number of carbonyl (C=O) groups excluding carboxylic acids is 2. The van der Waals surface area contributed by atoms with Crippen LogP contribution in [0.5, 0.6) is 0 Å². The van der Waals surface area contributed by atoms with Gasteiger partial charge < -0.3 is 4.52 Å². The first kappa shape index (κ1) is 19.3. The number of amides is 2. The van der Waals surface area contributed by atoms with Crippen LogP contribution >= 0.6 is 11.3 Å². The molecule has 1 aliphatic rings. The first-order chi connectivity index (χ1) is 14.2. The maximum atomic E-state index is 12.3. The number of hydrogen-bond donors (Lipinski definition) is 2. The highest BCUT2D eigenvalue weighted by Crippen LogP contribution is 2.28. The molecule has 150 valence electrons. The van der Waals surface area contributed by atoms with E-state index in [1.54, 1.807) is 18.5 Å². The summed E-state index contributed by atoms with van der Waals surface area (Å²) in [6, 6.07) is 5.56. The lowest BCUT2D eigenvalue weighted by molar-refractivity contribution is -0.121. The van der Waals surface area contributed by atoms with Crippen molar-refractivity contribution in [1.29, 1.82) is 0 Å². The fourth-order valence-electron chi connectivity index (χ4n) is 3.22. The number of aryl methyl sites for hydroxylation is 3. The molecule has 0 saturated heterocycles. The molecule has 0 saturated carbocycles. The minimum atomic E-state index is -0.322. The first-order valence-electron chi connectivity index (χ1n) is 9.63. The molecule has 0 fully saturated rings. The Morgan fingerprint density at radius 1 is 1.17 bits per heavy atom. The molecule has 29 heavy (non-hydrogen) atoms. The summed E-state index contributed by atoms with van der Waals surface area (Å²) in [4.78, 5) is 34.6. The number of nitrogens with zero attached hydrogens (tertiary/aromatic N) is 3. The Balaban J connectivity index is 1.25. The summed E-state index contributed by atoms with van der Waals surface area (Å²) in [6.07, 6.45) is 9.34. The molecule has 3 aromatic heterocycles. The molecule has 3 heterocycles. The van der Waals surface area contributed by atoms with Gasteiger partial charge in [0.05, 0.1) is 4.88 Å². The summed E-state index contributed by atoms with van der Waals surface area (Å²) >= 11 is 1.52. The van der Waals surface area contributed by atoms with Gasteiger partial charge in [0.25, 0.3) is 5.91 Å². The number of thiophene rings is 1. The van der Waals surface area contributed by atoms with E-state index >= 15 is 0 Å². The van der Waals surface area contributed by atoms with Crippen LogP contribution in [0, 0.1) is 0 Å². The van der Waals surface area contributed by atoms with Gasteiger partial charge in [-0.05, 0) is 49.4 Å². The van der Waals surface area contributed by atoms with Crippen LogP contribution in [0.25, 0.3) is 11.4 Å². The van der Waals surface area contributed by atoms with Crippen molar-refractivity contribution in [3.8, 4) is 11.4 Å². The molecular weight excluding hydrogens is 390 g/mol. The monoisotopic (exact) mass is 411 g/mol.